The molecule has 2 aliphatic rings. The van der Waals surface area contributed by atoms with Crippen molar-refractivity contribution in [3.8, 4) is 23.0 Å². The van der Waals surface area contributed by atoms with Crippen molar-refractivity contribution in [1.82, 2.24) is 9.80 Å². The van der Waals surface area contributed by atoms with Crippen LogP contribution < -0.4 is 18.9 Å². The Labute approximate surface area is 249 Å². The molecule has 0 bridgehead atoms. The molecule has 9 nitrogen and oxygen atoms in total. The van der Waals surface area contributed by atoms with Gasteiger partial charge in [-0.05, 0) is 102 Å². The molecule has 0 aromatic heterocycles. The Morgan fingerprint density at radius 2 is 0.929 bits per heavy atom. The Hall–Kier alpha value is -3.43. The Bertz CT molecular complexity index is 1170. The first kappa shape index (κ1) is 31.5. The zero-order valence-electron chi connectivity index (χ0n) is 25.7. The van der Waals surface area contributed by atoms with Crippen molar-refractivity contribution in [2.24, 2.45) is 11.8 Å². The summed E-state index contributed by atoms with van der Waals surface area (Å²) in [5.41, 5.74) is 1.24. The predicted octanol–water partition coefficient (Wildman–Crippen LogP) is 4.56. The molecule has 0 radical (unpaired) electrons. The van der Waals surface area contributed by atoms with E-state index in [1.807, 2.05) is 13.8 Å². The van der Waals surface area contributed by atoms with Crippen LogP contribution in [0.1, 0.15) is 60.2 Å². The Kier molecular flexibility index (Phi) is 10.6. The van der Waals surface area contributed by atoms with Gasteiger partial charge >= 0.3 is 0 Å². The van der Waals surface area contributed by atoms with Gasteiger partial charge in [0.25, 0.3) is 0 Å². The third kappa shape index (κ3) is 6.79. The summed E-state index contributed by atoms with van der Waals surface area (Å²) >= 11 is 0. The van der Waals surface area contributed by atoms with Gasteiger partial charge in [0.1, 0.15) is 0 Å². The van der Waals surface area contributed by atoms with Gasteiger partial charge in [-0.2, -0.15) is 0 Å². The lowest BCUT2D eigenvalue weighted by Crippen LogP contribution is -2.53. The summed E-state index contributed by atoms with van der Waals surface area (Å²) in [6.45, 7) is 6.75. The summed E-state index contributed by atoms with van der Waals surface area (Å²) < 4.78 is 21.3. The molecule has 9 heteroatoms. The van der Waals surface area contributed by atoms with Crippen molar-refractivity contribution in [3.05, 3.63) is 47.5 Å². The largest absolute Gasteiger partial charge is 0.493 e. The van der Waals surface area contributed by atoms with Gasteiger partial charge in [-0.15, -0.1) is 0 Å². The summed E-state index contributed by atoms with van der Waals surface area (Å²) in [4.78, 5) is 44.3. The number of benzene rings is 2. The topological polar surface area (TPSA) is 94.6 Å². The minimum Gasteiger partial charge on any atom is -0.493 e. The number of ether oxygens (including phenoxy) is 4. The molecule has 2 saturated heterocycles. The second-order valence-corrected chi connectivity index (χ2v) is 11.2. The number of carbonyl (C=O) groups is 3. The third-order valence-corrected chi connectivity index (χ3v) is 9.06. The average Bonchev–Trinajstić information content (AvgIpc) is 3.05. The second kappa shape index (κ2) is 14.2. The number of nitrogens with zero attached hydrogens (tertiary/aromatic N) is 2. The molecule has 4 rings (SSSR count). The van der Waals surface area contributed by atoms with Crippen LogP contribution in [0.5, 0.6) is 23.0 Å². The normalized spacial score (nSPS) is 18.6. The van der Waals surface area contributed by atoms with Gasteiger partial charge < -0.3 is 18.9 Å². The number of hydrogen-bond acceptors (Lipinski definition) is 9. The van der Waals surface area contributed by atoms with Crippen LogP contribution in [0, 0.1) is 11.8 Å². The molecule has 2 aromatic rings. The van der Waals surface area contributed by atoms with Crippen LogP contribution >= 0.6 is 0 Å². The van der Waals surface area contributed by atoms with Crippen LogP contribution in [0.4, 0.5) is 0 Å². The second-order valence-electron chi connectivity index (χ2n) is 11.2. The number of carbonyl (C=O) groups excluding carboxylic acids is 3. The highest BCUT2D eigenvalue weighted by atomic mass is 16.5. The summed E-state index contributed by atoms with van der Waals surface area (Å²) in [5, 5.41) is 0. The predicted molar refractivity (Wildman–Crippen MR) is 160 cm³/mol. The average molecular weight is 581 g/mol. The van der Waals surface area contributed by atoms with Gasteiger partial charge in [0, 0.05) is 23.0 Å². The van der Waals surface area contributed by atoms with E-state index in [4.69, 9.17) is 18.9 Å². The lowest BCUT2D eigenvalue weighted by atomic mass is 9.87. The third-order valence-electron chi connectivity index (χ3n) is 9.06. The summed E-state index contributed by atoms with van der Waals surface area (Å²) in [6.07, 6.45) is 2.84. The Balaban J connectivity index is 1.27. The molecule has 2 atom stereocenters. The van der Waals surface area contributed by atoms with E-state index in [1.54, 1.807) is 64.8 Å². The highest BCUT2D eigenvalue weighted by Gasteiger charge is 2.35. The Morgan fingerprint density at radius 3 is 1.24 bits per heavy atom. The first-order valence-corrected chi connectivity index (χ1v) is 14.8. The van der Waals surface area contributed by atoms with Crippen LogP contribution in [0.25, 0.3) is 0 Å². The zero-order valence-corrected chi connectivity index (χ0v) is 25.7. The van der Waals surface area contributed by atoms with Gasteiger partial charge in [-0.3, -0.25) is 24.2 Å². The van der Waals surface area contributed by atoms with Crippen molar-refractivity contribution in [2.45, 2.75) is 51.6 Å². The van der Waals surface area contributed by atoms with Crippen LogP contribution in [-0.2, 0) is 4.79 Å². The molecule has 2 aromatic carbocycles. The molecule has 2 fully saturated rings. The van der Waals surface area contributed by atoms with E-state index in [0.29, 0.717) is 86.0 Å². The number of rotatable bonds is 12. The first-order chi connectivity index (χ1) is 20.2. The van der Waals surface area contributed by atoms with Crippen molar-refractivity contribution < 1.29 is 33.3 Å². The first-order valence-electron chi connectivity index (χ1n) is 14.8. The lowest BCUT2D eigenvalue weighted by molar-refractivity contribution is -0.129. The van der Waals surface area contributed by atoms with Gasteiger partial charge in [-0.1, -0.05) is 0 Å². The molecule has 2 aliphatic heterocycles. The van der Waals surface area contributed by atoms with E-state index in [-0.39, 0.29) is 41.3 Å². The minimum absolute atomic E-state index is 0.0821. The fraction of sp³-hybridized carbons (Fsp3) is 0.545. The molecule has 42 heavy (non-hydrogen) atoms. The summed E-state index contributed by atoms with van der Waals surface area (Å²) in [7, 11) is 6.27. The molecule has 2 heterocycles. The molecular formula is C33H44N2O7. The van der Waals surface area contributed by atoms with E-state index in [9.17, 15) is 14.4 Å². The smallest absolute Gasteiger partial charge is 0.166 e. The number of methoxy groups -OCH3 is 4. The van der Waals surface area contributed by atoms with Crippen LogP contribution in [0.2, 0.25) is 0 Å². The maximum Gasteiger partial charge on any atom is 0.166 e. The maximum atomic E-state index is 13.5. The van der Waals surface area contributed by atoms with Crippen LogP contribution in [0.15, 0.2) is 36.4 Å². The number of piperidine rings is 2. The molecular weight excluding hydrogens is 536 g/mol. The van der Waals surface area contributed by atoms with Crippen molar-refractivity contribution in [1.29, 1.82) is 0 Å². The number of likely N-dealkylation sites (tertiary alicyclic amines) is 2. The van der Waals surface area contributed by atoms with E-state index in [2.05, 4.69) is 9.80 Å². The van der Waals surface area contributed by atoms with Crippen molar-refractivity contribution in [2.75, 3.05) is 54.6 Å². The van der Waals surface area contributed by atoms with Gasteiger partial charge in [0.05, 0.1) is 40.5 Å². The number of hydrogen-bond donors (Lipinski definition) is 0. The van der Waals surface area contributed by atoms with E-state index < -0.39 is 0 Å². The van der Waals surface area contributed by atoms with E-state index in [1.165, 1.54) is 0 Å². The van der Waals surface area contributed by atoms with E-state index in [0.717, 1.165) is 0 Å². The van der Waals surface area contributed by atoms with Crippen LogP contribution in [0.3, 0.4) is 0 Å². The van der Waals surface area contributed by atoms with Crippen LogP contribution in [-0.4, -0.2) is 93.9 Å². The summed E-state index contributed by atoms with van der Waals surface area (Å²) in [6, 6.07) is 10.1. The van der Waals surface area contributed by atoms with Gasteiger partial charge in [-0.25, -0.2) is 0 Å². The monoisotopic (exact) mass is 580 g/mol. The maximum absolute atomic E-state index is 13.5. The SMILES string of the molecule is COc1ccc(C(=O)C2CCN(C(C)C(=O)C(C)N3CCC(C(=O)c4ccc(OC)c(OC)c4)CC3)CC2)cc1OC. The molecule has 0 spiro atoms. The highest BCUT2D eigenvalue weighted by Crippen LogP contribution is 2.32. The standard InChI is InChI=1S/C33H44N2O7/c1-21(34-15-11-23(12-16-34)32(37)25-7-9-27(39-3)29(19-25)41-5)31(36)22(2)35-17-13-24(14-18-35)33(38)26-8-10-28(40-4)30(20-26)42-6/h7-10,19-24H,11-18H2,1-6H3. The number of Topliss-reactive ketones (excluding diaryl/α,β-unsaturated/α-hetero) is 3. The molecule has 0 N–H and O–H groups in total. The highest BCUT2D eigenvalue weighted by molar-refractivity contribution is 5.99. The van der Waals surface area contributed by atoms with Gasteiger partial charge in [0.15, 0.2) is 40.3 Å². The fourth-order valence-electron chi connectivity index (χ4n) is 6.26. The van der Waals surface area contributed by atoms with E-state index >= 15 is 0 Å². The number of ketones is 3. The zero-order chi connectivity index (χ0) is 30.4. The summed E-state index contributed by atoms with van der Waals surface area (Å²) in [5.74, 6) is 2.51. The minimum atomic E-state index is -0.233. The molecule has 0 saturated carbocycles. The quantitative estimate of drug-likeness (QED) is 0.335. The molecule has 0 aliphatic carbocycles. The fourth-order valence-corrected chi connectivity index (χ4v) is 6.26. The van der Waals surface area contributed by atoms with Gasteiger partial charge in [0.2, 0.25) is 0 Å². The van der Waals surface area contributed by atoms with Crippen molar-refractivity contribution >= 4 is 17.3 Å². The Morgan fingerprint density at radius 1 is 0.595 bits per heavy atom. The lowest BCUT2D eigenvalue weighted by Gasteiger charge is -2.39. The molecule has 228 valence electrons. The molecule has 2 unspecified atom stereocenters. The van der Waals surface area contributed by atoms with Crippen molar-refractivity contribution in [3.63, 3.8) is 0 Å². The molecule has 0 amide bonds.